The summed E-state index contributed by atoms with van der Waals surface area (Å²) < 4.78 is 7.09. The third-order valence-corrected chi connectivity index (χ3v) is 5.92. The van der Waals surface area contributed by atoms with E-state index in [9.17, 15) is 4.79 Å². The van der Waals surface area contributed by atoms with Crippen molar-refractivity contribution in [3.05, 3.63) is 58.0 Å². The number of para-hydroxylation sites is 1. The molecule has 1 aromatic carbocycles. The average molecular weight is 399 g/mol. The molecule has 0 atom stereocenters. The van der Waals surface area contributed by atoms with Gasteiger partial charge in [0.2, 0.25) is 0 Å². The van der Waals surface area contributed by atoms with Gasteiger partial charge in [-0.3, -0.25) is 9.36 Å². The molecule has 0 aliphatic rings. The van der Waals surface area contributed by atoms with Crippen molar-refractivity contribution in [2.45, 2.75) is 37.2 Å². The van der Waals surface area contributed by atoms with Crippen LogP contribution in [-0.2, 0) is 12.3 Å². The number of nitrogens with zero attached hydrogens (tertiary/aromatic N) is 4. The van der Waals surface area contributed by atoms with Crippen molar-refractivity contribution in [1.29, 1.82) is 0 Å². The van der Waals surface area contributed by atoms with Gasteiger partial charge in [0.05, 0.1) is 21.5 Å². The molecule has 0 saturated heterocycles. The summed E-state index contributed by atoms with van der Waals surface area (Å²) in [5.74, 6) is 1.61. The van der Waals surface area contributed by atoms with E-state index in [1.165, 1.54) is 11.8 Å². The van der Waals surface area contributed by atoms with Crippen LogP contribution in [0, 0.1) is 0 Å². The smallest absolute Gasteiger partial charge is 0.268 e. The van der Waals surface area contributed by atoms with Gasteiger partial charge >= 0.3 is 0 Å². The standard InChI is InChI=1S/C19H18N4O2S2/c1-2-3-10-23-18(24)13-7-4-5-8-14(13)20-19(23)27-12-16-21-17(25-22-16)15-9-6-11-26-15/h4-9,11H,2-3,10,12H2,1H3. The van der Waals surface area contributed by atoms with Gasteiger partial charge in [0.25, 0.3) is 11.4 Å². The Morgan fingerprint density at radius 1 is 1.19 bits per heavy atom. The van der Waals surface area contributed by atoms with Crippen molar-refractivity contribution in [3.63, 3.8) is 0 Å². The molecule has 0 aliphatic carbocycles. The molecule has 0 saturated carbocycles. The summed E-state index contributed by atoms with van der Waals surface area (Å²) in [6, 6.07) is 11.4. The highest BCUT2D eigenvalue weighted by Gasteiger charge is 2.14. The lowest BCUT2D eigenvalue weighted by atomic mass is 10.2. The Hall–Kier alpha value is -2.45. The summed E-state index contributed by atoms with van der Waals surface area (Å²) in [5, 5.41) is 7.36. The predicted molar refractivity (Wildman–Crippen MR) is 108 cm³/mol. The number of aromatic nitrogens is 4. The lowest BCUT2D eigenvalue weighted by Gasteiger charge is -2.12. The lowest BCUT2D eigenvalue weighted by Crippen LogP contribution is -2.23. The molecule has 4 aromatic rings. The topological polar surface area (TPSA) is 73.8 Å². The second-order valence-electron chi connectivity index (χ2n) is 6.00. The zero-order valence-electron chi connectivity index (χ0n) is 14.8. The maximum Gasteiger partial charge on any atom is 0.268 e. The van der Waals surface area contributed by atoms with Crippen molar-refractivity contribution in [2.75, 3.05) is 0 Å². The molecule has 138 valence electrons. The van der Waals surface area contributed by atoms with Crippen LogP contribution in [-0.4, -0.2) is 19.7 Å². The summed E-state index contributed by atoms with van der Waals surface area (Å²) >= 11 is 3.02. The summed E-state index contributed by atoms with van der Waals surface area (Å²) in [6.45, 7) is 2.76. The lowest BCUT2D eigenvalue weighted by molar-refractivity contribution is 0.426. The van der Waals surface area contributed by atoms with Gasteiger partial charge in [-0.25, -0.2) is 4.98 Å². The fraction of sp³-hybridized carbons (Fsp3) is 0.263. The fourth-order valence-electron chi connectivity index (χ4n) is 2.71. The van der Waals surface area contributed by atoms with Crippen LogP contribution in [0.4, 0.5) is 0 Å². The Morgan fingerprint density at radius 3 is 2.89 bits per heavy atom. The van der Waals surface area contributed by atoms with Gasteiger partial charge in [0, 0.05) is 6.54 Å². The van der Waals surface area contributed by atoms with Crippen molar-refractivity contribution in [3.8, 4) is 10.8 Å². The predicted octanol–water partition coefficient (Wildman–Crippen LogP) is 4.60. The van der Waals surface area contributed by atoms with Crippen LogP contribution >= 0.6 is 23.1 Å². The number of hydrogen-bond acceptors (Lipinski definition) is 7. The van der Waals surface area contributed by atoms with Crippen molar-refractivity contribution in [1.82, 2.24) is 19.7 Å². The van der Waals surface area contributed by atoms with E-state index in [4.69, 9.17) is 9.51 Å². The summed E-state index contributed by atoms with van der Waals surface area (Å²) in [5.41, 5.74) is 0.717. The first-order valence-corrected chi connectivity index (χ1v) is 10.6. The van der Waals surface area contributed by atoms with Crippen LogP contribution in [0.1, 0.15) is 25.6 Å². The molecule has 3 heterocycles. The van der Waals surface area contributed by atoms with E-state index in [1.54, 1.807) is 15.9 Å². The number of unbranched alkanes of at least 4 members (excludes halogenated alkanes) is 1. The minimum atomic E-state index is 0.00364. The van der Waals surface area contributed by atoms with Gasteiger partial charge in [-0.1, -0.05) is 48.5 Å². The van der Waals surface area contributed by atoms with Crippen LogP contribution in [0.3, 0.4) is 0 Å². The number of benzene rings is 1. The molecular weight excluding hydrogens is 380 g/mol. The van der Waals surface area contributed by atoms with E-state index < -0.39 is 0 Å². The maximum absolute atomic E-state index is 12.9. The Kier molecular flexibility index (Phi) is 5.35. The minimum Gasteiger partial charge on any atom is -0.333 e. The zero-order chi connectivity index (χ0) is 18.6. The summed E-state index contributed by atoms with van der Waals surface area (Å²) in [7, 11) is 0. The molecule has 6 nitrogen and oxygen atoms in total. The highest BCUT2D eigenvalue weighted by Crippen LogP contribution is 2.25. The number of rotatable bonds is 7. The quantitative estimate of drug-likeness (QED) is 0.335. The fourth-order valence-corrected chi connectivity index (χ4v) is 4.23. The minimum absolute atomic E-state index is 0.00364. The molecular formula is C19H18N4O2S2. The second-order valence-corrected chi connectivity index (χ2v) is 7.89. The molecule has 0 N–H and O–H groups in total. The Balaban J connectivity index is 1.61. The van der Waals surface area contributed by atoms with E-state index in [0.717, 1.165) is 17.7 Å². The van der Waals surface area contributed by atoms with E-state index >= 15 is 0 Å². The van der Waals surface area contributed by atoms with E-state index in [0.29, 0.717) is 40.1 Å². The van der Waals surface area contributed by atoms with E-state index in [2.05, 4.69) is 17.1 Å². The van der Waals surface area contributed by atoms with Gasteiger partial charge in [0.15, 0.2) is 11.0 Å². The number of hydrogen-bond donors (Lipinski definition) is 0. The van der Waals surface area contributed by atoms with Crippen LogP contribution in [0.15, 0.2) is 56.3 Å². The molecule has 0 fully saturated rings. The van der Waals surface area contributed by atoms with Crippen LogP contribution < -0.4 is 5.56 Å². The maximum atomic E-state index is 12.9. The number of thiophene rings is 1. The van der Waals surface area contributed by atoms with Gasteiger partial charge in [-0.05, 0) is 30.0 Å². The summed E-state index contributed by atoms with van der Waals surface area (Å²) in [4.78, 5) is 23.0. The number of thioether (sulfide) groups is 1. The van der Waals surface area contributed by atoms with E-state index in [-0.39, 0.29) is 5.56 Å². The van der Waals surface area contributed by atoms with Crippen molar-refractivity contribution in [2.24, 2.45) is 0 Å². The highest BCUT2D eigenvalue weighted by atomic mass is 32.2. The molecule has 0 aliphatic heterocycles. The number of fused-ring (bicyclic) bond motifs is 1. The second kappa shape index (κ2) is 8.06. The van der Waals surface area contributed by atoms with E-state index in [1.807, 2.05) is 41.8 Å². The Morgan fingerprint density at radius 2 is 2.07 bits per heavy atom. The average Bonchev–Trinajstić information content (AvgIpc) is 3.37. The van der Waals surface area contributed by atoms with Crippen molar-refractivity contribution < 1.29 is 4.52 Å². The Labute approximate surface area is 164 Å². The normalized spacial score (nSPS) is 11.3. The monoisotopic (exact) mass is 398 g/mol. The van der Waals surface area contributed by atoms with Crippen molar-refractivity contribution >= 4 is 34.0 Å². The third kappa shape index (κ3) is 3.81. The first-order valence-electron chi connectivity index (χ1n) is 8.75. The SMILES string of the molecule is CCCCn1c(SCc2noc(-c3cccs3)n2)nc2ccccc2c1=O. The van der Waals surface area contributed by atoms with Gasteiger partial charge in [0.1, 0.15) is 0 Å². The summed E-state index contributed by atoms with van der Waals surface area (Å²) in [6.07, 6.45) is 1.94. The first-order chi connectivity index (χ1) is 13.3. The third-order valence-electron chi connectivity index (χ3n) is 4.09. The van der Waals surface area contributed by atoms with Crippen LogP contribution in [0.5, 0.6) is 0 Å². The highest BCUT2D eigenvalue weighted by molar-refractivity contribution is 7.98. The molecule has 4 rings (SSSR count). The molecule has 0 spiro atoms. The molecule has 3 aromatic heterocycles. The van der Waals surface area contributed by atoms with Gasteiger partial charge < -0.3 is 4.52 Å². The largest absolute Gasteiger partial charge is 0.333 e. The molecule has 0 unspecified atom stereocenters. The molecule has 0 bridgehead atoms. The van der Waals surface area contributed by atoms with Crippen LogP contribution in [0.25, 0.3) is 21.7 Å². The Bertz CT molecular complexity index is 1100. The molecule has 0 radical (unpaired) electrons. The first kappa shape index (κ1) is 17.9. The zero-order valence-corrected chi connectivity index (χ0v) is 16.4. The molecule has 27 heavy (non-hydrogen) atoms. The van der Waals surface area contributed by atoms with Gasteiger partial charge in [-0.2, -0.15) is 4.98 Å². The molecule has 8 heteroatoms. The van der Waals surface area contributed by atoms with Crippen LogP contribution in [0.2, 0.25) is 0 Å². The molecule has 0 amide bonds. The van der Waals surface area contributed by atoms with Gasteiger partial charge in [-0.15, -0.1) is 11.3 Å².